The van der Waals surface area contributed by atoms with E-state index < -0.39 is 171 Å². The molecule has 28 nitrogen and oxygen atoms in total. The second-order valence-corrected chi connectivity index (χ2v) is 22.3. The minimum absolute atomic E-state index is 0.0986. The Morgan fingerprint density at radius 3 is 0.476 bits per heavy atom. The molecular formula is C56H100N6O22. The summed E-state index contributed by atoms with van der Waals surface area (Å²) >= 11 is 0. The van der Waals surface area contributed by atoms with E-state index in [1.165, 1.54) is 112 Å². The molecule has 0 aliphatic rings. The maximum absolute atomic E-state index is 14.2. The number of hydrogen-bond donors (Lipinski definition) is 8. The molecule has 0 aliphatic heterocycles. The van der Waals surface area contributed by atoms with Gasteiger partial charge in [0.05, 0.1) is 101 Å². The first-order chi connectivity index (χ1) is 39.0. The minimum atomic E-state index is -1.06. The highest BCUT2D eigenvalue weighted by Crippen LogP contribution is 2.15. The predicted octanol–water partition coefficient (Wildman–Crippen LogP) is -1.37. The first-order valence-corrected chi connectivity index (χ1v) is 28.9. The van der Waals surface area contributed by atoms with Crippen LogP contribution in [-0.4, -0.2) is 281 Å². The molecular weight excluding hydrogens is 1110 g/mol. The van der Waals surface area contributed by atoms with Crippen molar-refractivity contribution in [1.29, 1.82) is 0 Å². The topological polar surface area (TPSA) is 389 Å². The summed E-state index contributed by atoms with van der Waals surface area (Å²) in [5.41, 5.74) is 0. The van der Waals surface area contributed by atoms with Crippen LogP contribution in [-0.2, 0) is 66.9 Å². The highest BCUT2D eigenvalue weighted by atomic mass is 16.6. The van der Waals surface area contributed by atoms with E-state index in [0.29, 0.717) is 0 Å². The van der Waals surface area contributed by atoms with Crippen LogP contribution in [0.4, 0.5) is 0 Å². The SMILES string of the molecule is CC(O)CN(CC(C)O)C(=O)CCC(=O)OC(C)CN(CC(C)OC(=O)CCC(=O)N(CC(C)O)CC(C)O)C(=O)CCC(=O)N(CC(C)OC(=O)CCC(=O)N(CC(C)O)CC(C)O)CC(C)OC(=O)CCC(=O)N(CC(C)O)CC(C)O. The molecule has 0 saturated heterocycles. The zero-order valence-corrected chi connectivity index (χ0v) is 51.5. The number of amides is 6. The first kappa shape index (κ1) is 78.4. The number of aliphatic hydroxyl groups excluding tert-OH is 8. The van der Waals surface area contributed by atoms with Gasteiger partial charge in [-0.25, -0.2) is 0 Å². The molecule has 0 aromatic rings. The molecule has 12 atom stereocenters. The number of ether oxygens (including phenoxy) is 4. The lowest BCUT2D eigenvalue weighted by Gasteiger charge is -2.30. The Hall–Kier alpha value is -5.62. The van der Waals surface area contributed by atoms with E-state index in [4.69, 9.17) is 18.9 Å². The van der Waals surface area contributed by atoms with Gasteiger partial charge in [0.25, 0.3) is 0 Å². The normalized spacial score (nSPS) is 15.6. The molecule has 0 rings (SSSR count). The fraction of sp³-hybridized carbons (Fsp3) is 0.821. The molecule has 486 valence electrons. The van der Waals surface area contributed by atoms with Crippen molar-refractivity contribution in [1.82, 2.24) is 29.4 Å². The summed E-state index contributed by atoms with van der Waals surface area (Å²) in [6.45, 7) is 15.4. The second kappa shape index (κ2) is 41.4. The average Bonchev–Trinajstić information content (AvgIpc) is 3.56. The molecule has 84 heavy (non-hydrogen) atoms. The van der Waals surface area contributed by atoms with Crippen LogP contribution >= 0.6 is 0 Å². The van der Waals surface area contributed by atoms with Gasteiger partial charge < -0.3 is 89.2 Å². The molecule has 12 unspecified atom stereocenters. The number of carbonyl (C=O) groups excluding carboxylic acids is 10. The fourth-order valence-corrected chi connectivity index (χ4v) is 8.74. The van der Waals surface area contributed by atoms with Gasteiger partial charge in [0.1, 0.15) is 24.4 Å². The van der Waals surface area contributed by atoms with Crippen molar-refractivity contribution in [3.63, 3.8) is 0 Å². The summed E-state index contributed by atoms with van der Waals surface area (Å²) in [5, 5.41) is 78.9. The van der Waals surface area contributed by atoms with Crippen molar-refractivity contribution >= 4 is 59.3 Å². The Morgan fingerprint density at radius 2 is 0.345 bits per heavy atom. The number of rotatable bonds is 43. The molecule has 0 aromatic heterocycles. The summed E-state index contributed by atoms with van der Waals surface area (Å²) in [5.74, 6) is -6.89. The molecule has 6 amide bonds. The van der Waals surface area contributed by atoms with Crippen molar-refractivity contribution < 1.29 is 108 Å². The van der Waals surface area contributed by atoms with Gasteiger partial charge in [0, 0.05) is 90.9 Å². The number of nitrogens with zero attached hydrogens (tertiary/aromatic N) is 6. The lowest BCUT2D eigenvalue weighted by Crippen LogP contribution is -2.45. The Balaban J connectivity index is 6.65. The molecule has 0 fully saturated rings. The van der Waals surface area contributed by atoms with E-state index in [9.17, 15) is 88.8 Å². The van der Waals surface area contributed by atoms with Crippen LogP contribution < -0.4 is 0 Å². The Labute approximate surface area is 494 Å². The van der Waals surface area contributed by atoms with Crippen molar-refractivity contribution in [2.24, 2.45) is 0 Å². The molecule has 0 aromatic carbocycles. The largest absolute Gasteiger partial charge is 0.461 e. The number of hydrogen-bond acceptors (Lipinski definition) is 22. The first-order valence-electron chi connectivity index (χ1n) is 28.9. The van der Waals surface area contributed by atoms with Gasteiger partial charge >= 0.3 is 23.9 Å². The van der Waals surface area contributed by atoms with Crippen molar-refractivity contribution in [3.8, 4) is 0 Å². The lowest BCUT2D eigenvalue weighted by atomic mass is 10.2. The summed E-state index contributed by atoms with van der Waals surface area (Å²) in [4.78, 5) is 140. The Morgan fingerprint density at radius 1 is 0.226 bits per heavy atom. The quantitative estimate of drug-likeness (QED) is 0.0258. The molecule has 0 saturated carbocycles. The van der Waals surface area contributed by atoms with Gasteiger partial charge in [-0.2, -0.15) is 0 Å². The summed E-state index contributed by atoms with van der Waals surface area (Å²) in [6, 6.07) is 0. The third-order valence-corrected chi connectivity index (χ3v) is 12.0. The second-order valence-electron chi connectivity index (χ2n) is 22.3. The number of esters is 4. The highest BCUT2D eigenvalue weighted by molar-refractivity contribution is 5.85. The van der Waals surface area contributed by atoms with Gasteiger partial charge in [0.2, 0.25) is 35.4 Å². The van der Waals surface area contributed by atoms with E-state index in [0.717, 1.165) is 0 Å². The summed E-state index contributed by atoms with van der Waals surface area (Å²) in [6.07, 6.45) is -15.6. The molecule has 0 radical (unpaired) electrons. The molecule has 0 aliphatic carbocycles. The number of aliphatic hydroxyl groups is 8. The van der Waals surface area contributed by atoms with Crippen molar-refractivity contribution in [2.75, 3.05) is 78.5 Å². The smallest absolute Gasteiger partial charge is 0.306 e. The summed E-state index contributed by atoms with van der Waals surface area (Å²) < 4.78 is 22.2. The molecule has 0 heterocycles. The van der Waals surface area contributed by atoms with Crippen LogP contribution in [0, 0.1) is 0 Å². The molecule has 0 bridgehead atoms. The maximum Gasteiger partial charge on any atom is 0.306 e. The van der Waals surface area contributed by atoms with Gasteiger partial charge in [-0.15, -0.1) is 0 Å². The van der Waals surface area contributed by atoms with Crippen molar-refractivity contribution in [3.05, 3.63) is 0 Å². The number of carbonyl (C=O) groups is 10. The summed E-state index contributed by atoms with van der Waals surface area (Å²) in [7, 11) is 0. The van der Waals surface area contributed by atoms with E-state index in [-0.39, 0.29) is 104 Å². The van der Waals surface area contributed by atoms with Crippen LogP contribution in [0.5, 0.6) is 0 Å². The van der Waals surface area contributed by atoms with E-state index >= 15 is 0 Å². The van der Waals surface area contributed by atoms with Crippen LogP contribution in [0.1, 0.15) is 147 Å². The van der Waals surface area contributed by atoms with Crippen LogP contribution in [0.2, 0.25) is 0 Å². The molecule has 28 heteroatoms. The highest BCUT2D eigenvalue weighted by Gasteiger charge is 2.29. The van der Waals surface area contributed by atoms with Crippen molar-refractivity contribution in [2.45, 2.75) is 221 Å². The van der Waals surface area contributed by atoms with Crippen LogP contribution in [0.15, 0.2) is 0 Å². The molecule has 0 spiro atoms. The Bertz CT molecular complexity index is 1730. The van der Waals surface area contributed by atoms with E-state index in [1.54, 1.807) is 0 Å². The third-order valence-electron chi connectivity index (χ3n) is 12.0. The zero-order valence-electron chi connectivity index (χ0n) is 51.5. The molecule has 8 N–H and O–H groups in total. The third kappa shape index (κ3) is 37.6. The van der Waals surface area contributed by atoms with Crippen LogP contribution in [0.25, 0.3) is 0 Å². The van der Waals surface area contributed by atoms with E-state index in [1.807, 2.05) is 0 Å². The van der Waals surface area contributed by atoms with E-state index in [2.05, 4.69) is 0 Å². The zero-order chi connectivity index (χ0) is 64.6. The lowest BCUT2D eigenvalue weighted by molar-refractivity contribution is -0.157. The average molecular weight is 1210 g/mol. The van der Waals surface area contributed by atoms with Crippen LogP contribution in [0.3, 0.4) is 0 Å². The minimum Gasteiger partial charge on any atom is -0.461 e. The van der Waals surface area contributed by atoms with Gasteiger partial charge in [-0.1, -0.05) is 0 Å². The van der Waals surface area contributed by atoms with Gasteiger partial charge in [0.15, 0.2) is 0 Å². The monoisotopic (exact) mass is 1210 g/mol. The standard InChI is InChI=1S/C56H100N6O22/c1-35(63)23-57(24-36(2)64)49(73)15-19-53(77)81-43(9)31-61(32-44(10)82-54(78)20-16-50(74)58(25-37(3)65)26-38(4)66)47(71)13-14-48(72)62(33-45(11)83-55(79)21-17-51(75)59(27-39(5)67)28-40(6)68)34-46(12)84-56(80)22-18-52(76)60(29-41(7)69)30-42(8)70/h35-46,63-70H,13-34H2,1-12H3. The maximum atomic E-state index is 14.2. The van der Waals surface area contributed by atoms with Gasteiger partial charge in [-0.3, -0.25) is 47.9 Å². The van der Waals surface area contributed by atoms with Gasteiger partial charge in [-0.05, 0) is 83.1 Å². The predicted molar refractivity (Wildman–Crippen MR) is 301 cm³/mol. The Kier molecular flexibility index (Phi) is 38.7. The fourth-order valence-electron chi connectivity index (χ4n) is 8.74.